The minimum atomic E-state index is 0. The summed E-state index contributed by atoms with van der Waals surface area (Å²) in [6, 6.07) is 9.70. The number of nitrogens with zero attached hydrogens (tertiary/aromatic N) is 6. The molecule has 0 unspecified atom stereocenters. The van der Waals surface area contributed by atoms with Gasteiger partial charge in [0.25, 0.3) is 0 Å². The minimum Gasteiger partial charge on any atom is -0.494 e. The average Bonchev–Trinajstić information content (AvgIpc) is 3.28. The number of imidazole rings is 1. The molecule has 0 aliphatic carbocycles. The standard InChI is InChI=1S/C19H21N7O2.ClH/c1-25(2)10-3-11-27-14-6-4-13(5-7-14)26-16-8-9-21-12-15(16)22-19(26)17-18(20)24-28-23-17;/h4-9,12H,3,10-11H2,1-2H3,(H2,20,24);1H. The monoisotopic (exact) mass is 415 g/mol. The van der Waals surface area contributed by atoms with Crippen LogP contribution in [0.3, 0.4) is 0 Å². The normalized spacial score (nSPS) is 11.0. The molecule has 0 radical (unpaired) electrons. The zero-order valence-corrected chi connectivity index (χ0v) is 17.0. The van der Waals surface area contributed by atoms with Gasteiger partial charge in [-0.25, -0.2) is 9.61 Å². The van der Waals surface area contributed by atoms with Gasteiger partial charge in [0, 0.05) is 18.4 Å². The van der Waals surface area contributed by atoms with E-state index in [0.29, 0.717) is 18.1 Å². The van der Waals surface area contributed by atoms with Gasteiger partial charge >= 0.3 is 0 Å². The van der Waals surface area contributed by atoms with E-state index >= 15 is 0 Å². The molecular weight excluding hydrogens is 394 g/mol. The van der Waals surface area contributed by atoms with E-state index in [4.69, 9.17) is 15.1 Å². The highest BCUT2D eigenvalue weighted by atomic mass is 35.5. The van der Waals surface area contributed by atoms with Crippen molar-refractivity contribution in [3.8, 4) is 23.0 Å². The Hall–Kier alpha value is -3.17. The van der Waals surface area contributed by atoms with E-state index in [1.165, 1.54) is 0 Å². The maximum atomic E-state index is 5.89. The van der Waals surface area contributed by atoms with Crippen LogP contribution >= 0.6 is 12.4 Å². The summed E-state index contributed by atoms with van der Waals surface area (Å²) in [5, 5.41) is 7.57. The largest absolute Gasteiger partial charge is 0.494 e. The first-order valence-corrected chi connectivity index (χ1v) is 8.92. The molecule has 0 spiro atoms. The number of hydrogen-bond donors (Lipinski definition) is 1. The smallest absolute Gasteiger partial charge is 0.199 e. The van der Waals surface area contributed by atoms with Crippen molar-refractivity contribution in [3.05, 3.63) is 42.7 Å². The average molecular weight is 416 g/mol. The Labute approximate surface area is 173 Å². The number of halogens is 1. The van der Waals surface area contributed by atoms with Crippen molar-refractivity contribution in [3.63, 3.8) is 0 Å². The van der Waals surface area contributed by atoms with Gasteiger partial charge in [-0.05, 0) is 61.2 Å². The van der Waals surface area contributed by atoms with E-state index in [1.54, 1.807) is 12.4 Å². The van der Waals surface area contributed by atoms with Crippen LogP contribution in [-0.2, 0) is 0 Å². The molecule has 0 aliphatic rings. The van der Waals surface area contributed by atoms with Crippen LogP contribution in [0.25, 0.3) is 28.2 Å². The predicted octanol–water partition coefficient (Wildman–Crippen LogP) is 2.81. The van der Waals surface area contributed by atoms with Crippen molar-refractivity contribution in [2.24, 2.45) is 0 Å². The molecule has 1 aromatic carbocycles. The fourth-order valence-electron chi connectivity index (χ4n) is 2.97. The quantitative estimate of drug-likeness (QED) is 0.459. The third-order valence-electron chi connectivity index (χ3n) is 4.30. The number of nitrogens with two attached hydrogens (primary N) is 1. The van der Waals surface area contributed by atoms with Crippen molar-refractivity contribution < 1.29 is 9.37 Å². The zero-order valence-electron chi connectivity index (χ0n) is 16.1. The molecule has 4 aromatic rings. The molecule has 4 rings (SSSR count). The molecule has 2 N–H and O–H groups in total. The van der Waals surface area contributed by atoms with Crippen LogP contribution in [0.5, 0.6) is 5.75 Å². The van der Waals surface area contributed by atoms with Crippen LogP contribution in [-0.4, -0.2) is 57.0 Å². The van der Waals surface area contributed by atoms with Crippen LogP contribution < -0.4 is 10.5 Å². The summed E-state index contributed by atoms with van der Waals surface area (Å²) in [5.74, 6) is 1.55. The Morgan fingerprint density at radius 2 is 1.93 bits per heavy atom. The van der Waals surface area contributed by atoms with E-state index in [-0.39, 0.29) is 18.2 Å². The SMILES string of the molecule is CN(C)CCCOc1ccc(-n2c(-c3nonc3N)nc3cnccc32)cc1.Cl. The van der Waals surface area contributed by atoms with Gasteiger partial charge in [0.05, 0.1) is 18.3 Å². The molecule has 3 aromatic heterocycles. The van der Waals surface area contributed by atoms with E-state index in [0.717, 1.165) is 35.4 Å². The molecule has 0 amide bonds. The second kappa shape index (κ2) is 8.89. The molecule has 10 heteroatoms. The third kappa shape index (κ3) is 4.30. The number of fused-ring (bicyclic) bond motifs is 1. The lowest BCUT2D eigenvalue weighted by Gasteiger charge is -2.12. The zero-order chi connectivity index (χ0) is 19.5. The summed E-state index contributed by atoms with van der Waals surface area (Å²) in [6.45, 7) is 1.66. The highest BCUT2D eigenvalue weighted by Crippen LogP contribution is 2.30. The fraction of sp³-hybridized carbons (Fsp3) is 0.263. The molecule has 29 heavy (non-hydrogen) atoms. The maximum absolute atomic E-state index is 5.89. The first-order valence-electron chi connectivity index (χ1n) is 8.92. The number of aromatic nitrogens is 5. The van der Waals surface area contributed by atoms with Crippen molar-refractivity contribution in [1.82, 2.24) is 29.7 Å². The van der Waals surface area contributed by atoms with Crippen LogP contribution in [0.15, 0.2) is 47.4 Å². The van der Waals surface area contributed by atoms with Gasteiger partial charge in [0.15, 0.2) is 17.3 Å². The summed E-state index contributed by atoms with van der Waals surface area (Å²) in [4.78, 5) is 10.9. The summed E-state index contributed by atoms with van der Waals surface area (Å²) in [5.41, 5.74) is 8.79. The van der Waals surface area contributed by atoms with Crippen LogP contribution in [0.2, 0.25) is 0 Å². The molecule has 0 fully saturated rings. The molecule has 0 atom stereocenters. The summed E-state index contributed by atoms with van der Waals surface area (Å²) >= 11 is 0. The molecule has 0 saturated heterocycles. The fourth-order valence-corrected chi connectivity index (χ4v) is 2.97. The van der Waals surface area contributed by atoms with Crippen molar-refractivity contribution in [2.75, 3.05) is 33.0 Å². The van der Waals surface area contributed by atoms with Gasteiger partial charge < -0.3 is 15.4 Å². The van der Waals surface area contributed by atoms with Crippen molar-refractivity contribution in [1.29, 1.82) is 0 Å². The lowest BCUT2D eigenvalue weighted by molar-refractivity contribution is 0.281. The Morgan fingerprint density at radius 3 is 2.62 bits per heavy atom. The molecule has 9 nitrogen and oxygen atoms in total. The minimum absolute atomic E-state index is 0. The van der Waals surface area contributed by atoms with Crippen molar-refractivity contribution >= 4 is 29.3 Å². The molecule has 3 heterocycles. The number of hydrogen-bond acceptors (Lipinski definition) is 8. The lowest BCUT2D eigenvalue weighted by Crippen LogP contribution is -2.15. The summed E-state index contributed by atoms with van der Waals surface area (Å²) in [6.07, 6.45) is 4.38. The lowest BCUT2D eigenvalue weighted by atomic mass is 10.2. The van der Waals surface area contributed by atoms with Crippen LogP contribution in [0, 0.1) is 0 Å². The van der Waals surface area contributed by atoms with Gasteiger partial charge in [-0.3, -0.25) is 9.55 Å². The van der Waals surface area contributed by atoms with Crippen molar-refractivity contribution in [2.45, 2.75) is 6.42 Å². The van der Waals surface area contributed by atoms with Gasteiger partial charge in [0.2, 0.25) is 0 Å². The number of ether oxygens (including phenoxy) is 1. The number of pyridine rings is 1. The Balaban J connectivity index is 0.00000240. The molecule has 152 valence electrons. The third-order valence-corrected chi connectivity index (χ3v) is 4.30. The number of rotatable bonds is 7. The van der Waals surface area contributed by atoms with Gasteiger partial charge in [-0.1, -0.05) is 0 Å². The van der Waals surface area contributed by atoms with Crippen LogP contribution in [0.1, 0.15) is 6.42 Å². The summed E-state index contributed by atoms with van der Waals surface area (Å²) in [7, 11) is 4.10. The number of benzene rings is 1. The number of nitrogen functional groups attached to an aromatic ring is 1. The first-order chi connectivity index (χ1) is 13.6. The topological polar surface area (TPSA) is 108 Å². The van der Waals surface area contributed by atoms with Gasteiger partial charge in [0.1, 0.15) is 11.3 Å². The maximum Gasteiger partial charge on any atom is 0.199 e. The van der Waals surface area contributed by atoms with E-state index in [9.17, 15) is 0 Å². The number of anilines is 1. The highest BCUT2D eigenvalue weighted by molar-refractivity contribution is 5.85. The van der Waals surface area contributed by atoms with Gasteiger partial charge in [-0.2, -0.15) is 0 Å². The molecular formula is C19H22ClN7O2. The Kier molecular flexibility index (Phi) is 6.30. The van der Waals surface area contributed by atoms with Gasteiger partial charge in [-0.15, -0.1) is 12.4 Å². The van der Waals surface area contributed by atoms with E-state index < -0.39 is 0 Å². The second-order valence-corrected chi connectivity index (χ2v) is 6.63. The second-order valence-electron chi connectivity index (χ2n) is 6.63. The summed E-state index contributed by atoms with van der Waals surface area (Å²) < 4.78 is 12.5. The van der Waals surface area contributed by atoms with E-state index in [2.05, 4.69) is 39.3 Å². The molecule has 0 aliphatic heterocycles. The van der Waals surface area contributed by atoms with E-state index in [1.807, 2.05) is 34.9 Å². The van der Waals surface area contributed by atoms with Crippen LogP contribution in [0.4, 0.5) is 5.82 Å². The highest BCUT2D eigenvalue weighted by Gasteiger charge is 2.20. The first kappa shape index (κ1) is 20.6. The molecule has 0 saturated carbocycles. The molecule has 0 bridgehead atoms. The Bertz CT molecular complexity index is 1080. The Morgan fingerprint density at radius 1 is 1.14 bits per heavy atom. The predicted molar refractivity (Wildman–Crippen MR) is 112 cm³/mol.